The van der Waals surface area contributed by atoms with Crippen LogP contribution in [0.15, 0.2) is 42.5 Å². The van der Waals surface area contributed by atoms with Crippen molar-refractivity contribution in [3.05, 3.63) is 58.6 Å². The highest BCUT2D eigenvalue weighted by Gasteiger charge is 2.47. The van der Waals surface area contributed by atoms with E-state index in [4.69, 9.17) is 26.8 Å². The number of ether oxygens (including phenoxy) is 2. The highest BCUT2D eigenvalue weighted by Crippen LogP contribution is 2.47. The predicted molar refractivity (Wildman–Crippen MR) is 153 cm³/mol. The number of hydrogen-bond donors (Lipinski definition) is 3. The number of likely N-dealkylation sites (tertiary alicyclic amines) is 1. The van der Waals surface area contributed by atoms with E-state index in [-0.39, 0.29) is 17.7 Å². The maximum Gasteiger partial charge on any atom is 0.225 e. The number of rotatable bonds is 10. The molecular weight excluding hydrogens is 516 g/mol. The molecule has 7 nitrogen and oxygen atoms in total. The normalized spacial score (nSPS) is 26.8. The summed E-state index contributed by atoms with van der Waals surface area (Å²) in [5.74, 6) is 0.579. The summed E-state index contributed by atoms with van der Waals surface area (Å²) in [6.07, 6.45) is 4.40. The summed E-state index contributed by atoms with van der Waals surface area (Å²) < 4.78 is 11.6. The molecule has 2 aromatic rings. The average molecular weight is 559 g/mol. The largest absolute Gasteiger partial charge is 0.455 e. The fourth-order valence-electron chi connectivity index (χ4n) is 6.26. The molecule has 4 N–H and O–H groups in total. The van der Waals surface area contributed by atoms with Crippen molar-refractivity contribution < 1.29 is 24.5 Å². The number of carbonyl (C=O) groups excluding carboxylic acids is 1. The van der Waals surface area contributed by atoms with Crippen molar-refractivity contribution in [2.45, 2.75) is 76.0 Å². The van der Waals surface area contributed by atoms with Gasteiger partial charge >= 0.3 is 0 Å². The second-order valence-corrected chi connectivity index (χ2v) is 12.0. The number of benzene rings is 2. The van der Waals surface area contributed by atoms with Crippen LogP contribution in [0.1, 0.15) is 63.0 Å². The molecule has 0 bridgehead atoms. The first-order chi connectivity index (χ1) is 18.5. The topological polar surface area (TPSA) is 105 Å². The Morgan fingerprint density at radius 2 is 2.03 bits per heavy atom. The van der Waals surface area contributed by atoms with E-state index < -0.39 is 17.2 Å². The molecule has 2 fully saturated rings. The highest BCUT2D eigenvalue weighted by atomic mass is 35.5. The van der Waals surface area contributed by atoms with Gasteiger partial charge in [0.15, 0.2) is 5.75 Å². The fourth-order valence-corrected chi connectivity index (χ4v) is 6.47. The molecule has 1 aliphatic carbocycles. The van der Waals surface area contributed by atoms with E-state index >= 15 is 0 Å². The van der Waals surface area contributed by atoms with Gasteiger partial charge < -0.3 is 30.3 Å². The van der Waals surface area contributed by atoms with Gasteiger partial charge in [-0.25, -0.2) is 0 Å². The van der Waals surface area contributed by atoms with E-state index in [2.05, 4.69) is 0 Å². The lowest BCUT2D eigenvalue weighted by atomic mass is 9.73. The minimum atomic E-state index is -1.27. The second kappa shape index (κ2) is 12.6. The Labute approximate surface area is 237 Å². The van der Waals surface area contributed by atoms with Crippen molar-refractivity contribution in [1.29, 1.82) is 0 Å². The number of methoxy groups -OCH3 is 1. The summed E-state index contributed by atoms with van der Waals surface area (Å²) in [5, 5.41) is 23.6. The van der Waals surface area contributed by atoms with E-state index in [1.54, 1.807) is 20.1 Å². The zero-order chi connectivity index (χ0) is 28.2. The molecule has 1 aliphatic heterocycles. The van der Waals surface area contributed by atoms with Gasteiger partial charge in [-0.05, 0) is 82.6 Å². The molecule has 5 unspecified atom stereocenters. The number of nitrogens with two attached hydrogens (primary N) is 1. The summed E-state index contributed by atoms with van der Waals surface area (Å²) >= 11 is 6.70. The van der Waals surface area contributed by atoms with Crippen molar-refractivity contribution in [3.8, 4) is 11.5 Å². The van der Waals surface area contributed by atoms with Gasteiger partial charge in [-0.1, -0.05) is 35.9 Å². The number of carbonyl (C=O) groups is 1. The fraction of sp³-hybridized carbons (Fsp3) is 0.581. The predicted octanol–water partition coefficient (Wildman–Crippen LogP) is 5.17. The smallest absolute Gasteiger partial charge is 0.225 e. The first-order valence-corrected chi connectivity index (χ1v) is 14.4. The molecule has 1 saturated carbocycles. The standard InChI is InChI=1S/C31H43ClN2O5/c1-21-9-6-11-24(17-21)39-28-25(12-7-13-26(28)32)31(37,14-4-5-16-38-3)23-10-8-15-34(20-23)29(35)22-18-27(33)30(2,36)19-22/h6-7,9,11-13,17,22-23,27,36-37H,4-5,8,10,14-16,18-20,33H2,1-3H3. The first kappa shape index (κ1) is 29.8. The second-order valence-electron chi connectivity index (χ2n) is 11.6. The zero-order valence-electron chi connectivity index (χ0n) is 23.4. The van der Waals surface area contributed by atoms with Crippen molar-refractivity contribution in [1.82, 2.24) is 4.90 Å². The Bertz CT molecular complexity index is 1140. The van der Waals surface area contributed by atoms with Gasteiger partial charge in [0.2, 0.25) is 5.91 Å². The maximum atomic E-state index is 13.6. The summed E-state index contributed by atoms with van der Waals surface area (Å²) in [5.41, 5.74) is 5.51. The number of nitrogens with zero attached hydrogens (tertiary/aromatic N) is 1. The van der Waals surface area contributed by atoms with Gasteiger partial charge in [-0.3, -0.25) is 4.79 Å². The highest BCUT2D eigenvalue weighted by molar-refractivity contribution is 6.32. The Kier molecular flexibility index (Phi) is 9.61. The summed E-state index contributed by atoms with van der Waals surface area (Å²) in [7, 11) is 1.67. The molecule has 39 heavy (non-hydrogen) atoms. The third-order valence-corrected chi connectivity index (χ3v) is 8.85. The molecule has 1 saturated heterocycles. The zero-order valence-corrected chi connectivity index (χ0v) is 24.1. The van der Waals surface area contributed by atoms with Crippen LogP contribution >= 0.6 is 11.6 Å². The van der Waals surface area contributed by atoms with Gasteiger partial charge in [0.1, 0.15) is 5.75 Å². The number of halogens is 1. The molecule has 214 valence electrons. The van der Waals surface area contributed by atoms with Crippen LogP contribution in [0.2, 0.25) is 5.02 Å². The van der Waals surface area contributed by atoms with E-state index in [0.29, 0.717) is 61.0 Å². The van der Waals surface area contributed by atoms with Gasteiger partial charge in [-0.2, -0.15) is 0 Å². The Balaban J connectivity index is 1.64. The number of unbranched alkanes of at least 4 members (excludes halogenated alkanes) is 1. The summed E-state index contributed by atoms with van der Waals surface area (Å²) in [6, 6.07) is 12.8. The number of para-hydroxylation sites is 1. The minimum absolute atomic E-state index is 0.0111. The van der Waals surface area contributed by atoms with Crippen LogP contribution in [0.25, 0.3) is 0 Å². The number of hydrogen-bond acceptors (Lipinski definition) is 6. The van der Waals surface area contributed by atoms with Crippen LogP contribution in [0.5, 0.6) is 11.5 Å². The molecule has 2 aromatic carbocycles. The van der Waals surface area contributed by atoms with E-state index in [1.165, 1.54) is 0 Å². The number of piperidine rings is 1. The summed E-state index contributed by atoms with van der Waals surface area (Å²) in [6.45, 7) is 5.36. The van der Waals surface area contributed by atoms with Crippen molar-refractivity contribution >= 4 is 17.5 Å². The molecule has 1 amide bonds. The Morgan fingerprint density at radius 3 is 2.72 bits per heavy atom. The van der Waals surface area contributed by atoms with Crippen molar-refractivity contribution in [3.63, 3.8) is 0 Å². The number of aryl methyl sites for hydroxylation is 1. The lowest BCUT2D eigenvalue weighted by Gasteiger charge is -2.44. The third kappa shape index (κ3) is 6.77. The molecule has 4 rings (SSSR count). The van der Waals surface area contributed by atoms with Crippen LogP contribution in [-0.4, -0.2) is 59.5 Å². The third-order valence-electron chi connectivity index (χ3n) is 8.55. The minimum Gasteiger partial charge on any atom is -0.455 e. The van der Waals surface area contributed by atoms with E-state index in [1.807, 2.05) is 48.2 Å². The average Bonchev–Trinajstić information content (AvgIpc) is 3.19. The SMILES string of the molecule is COCCCCC(O)(c1cccc(Cl)c1Oc1cccc(C)c1)C1CCCN(C(=O)C2CC(N)C(C)(O)C2)C1. The molecule has 8 heteroatoms. The van der Waals surface area contributed by atoms with Crippen molar-refractivity contribution in [2.24, 2.45) is 17.6 Å². The van der Waals surface area contributed by atoms with Crippen LogP contribution in [0.4, 0.5) is 0 Å². The quantitative estimate of drug-likeness (QED) is 0.347. The molecule has 5 atom stereocenters. The van der Waals surface area contributed by atoms with E-state index in [9.17, 15) is 15.0 Å². The van der Waals surface area contributed by atoms with Gasteiger partial charge in [-0.15, -0.1) is 0 Å². The van der Waals surface area contributed by atoms with Crippen LogP contribution in [-0.2, 0) is 15.1 Å². The number of aliphatic hydroxyl groups is 2. The first-order valence-electron chi connectivity index (χ1n) is 14.1. The maximum absolute atomic E-state index is 13.6. The Hall–Kier alpha value is -2.16. The molecule has 0 aromatic heterocycles. The van der Waals surface area contributed by atoms with Gasteiger partial charge in [0, 0.05) is 50.2 Å². The Morgan fingerprint density at radius 1 is 1.26 bits per heavy atom. The van der Waals surface area contributed by atoms with Gasteiger partial charge in [0.05, 0.1) is 16.2 Å². The number of amides is 1. The van der Waals surface area contributed by atoms with Gasteiger partial charge in [0.25, 0.3) is 0 Å². The van der Waals surface area contributed by atoms with Crippen molar-refractivity contribution in [2.75, 3.05) is 26.8 Å². The molecule has 0 radical (unpaired) electrons. The van der Waals surface area contributed by atoms with Crippen LogP contribution in [0.3, 0.4) is 0 Å². The lowest BCUT2D eigenvalue weighted by molar-refractivity contribution is -0.141. The lowest BCUT2D eigenvalue weighted by Crippen LogP contribution is -2.49. The molecule has 1 heterocycles. The molecule has 0 spiro atoms. The summed E-state index contributed by atoms with van der Waals surface area (Å²) in [4.78, 5) is 15.4. The molecule has 2 aliphatic rings. The molecular formula is C31H43ClN2O5. The van der Waals surface area contributed by atoms with Crippen LogP contribution in [0, 0.1) is 18.8 Å². The van der Waals surface area contributed by atoms with Crippen LogP contribution < -0.4 is 10.5 Å². The monoisotopic (exact) mass is 558 g/mol. The van der Waals surface area contributed by atoms with E-state index in [0.717, 1.165) is 31.2 Å².